The number of benzene rings is 1. The van der Waals surface area contributed by atoms with Gasteiger partial charge < -0.3 is 10.6 Å². The summed E-state index contributed by atoms with van der Waals surface area (Å²) in [5.41, 5.74) is 0.187. The van der Waals surface area contributed by atoms with E-state index >= 15 is 0 Å². The highest BCUT2D eigenvalue weighted by molar-refractivity contribution is 5.95. The van der Waals surface area contributed by atoms with Crippen molar-refractivity contribution >= 4 is 11.9 Å². The van der Waals surface area contributed by atoms with Crippen LogP contribution in [0.2, 0.25) is 0 Å². The maximum Gasteiger partial charge on any atom is 0.390 e. The van der Waals surface area contributed by atoms with Crippen molar-refractivity contribution in [2.45, 2.75) is 18.6 Å². The van der Waals surface area contributed by atoms with Crippen molar-refractivity contribution in [3.05, 3.63) is 35.6 Å². The summed E-state index contributed by atoms with van der Waals surface area (Å²) in [5.74, 6) is -1.36. The van der Waals surface area contributed by atoms with Crippen molar-refractivity contribution in [2.24, 2.45) is 0 Å². The van der Waals surface area contributed by atoms with Gasteiger partial charge in [0.15, 0.2) is 0 Å². The molecule has 3 amide bonds. The lowest BCUT2D eigenvalue weighted by molar-refractivity contribution is -0.141. The highest BCUT2D eigenvalue weighted by Crippen LogP contribution is 2.29. The Morgan fingerprint density at radius 3 is 2.27 bits per heavy atom. The van der Waals surface area contributed by atoms with Crippen LogP contribution < -0.4 is 16.0 Å². The number of alkyl halides is 3. The molecular weight excluding hydrogens is 306 g/mol. The third-order valence-corrected chi connectivity index (χ3v) is 2.70. The molecule has 0 fully saturated rings. The molecule has 1 aromatic rings. The van der Waals surface area contributed by atoms with Gasteiger partial charge >= 0.3 is 12.2 Å². The Labute approximate surface area is 124 Å². The minimum atomic E-state index is -4.47. The van der Waals surface area contributed by atoms with E-state index in [1.165, 1.54) is 19.2 Å². The number of amides is 3. The molecule has 0 radical (unpaired) electrons. The average molecular weight is 321 g/mol. The largest absolute Gasteiger partial charge is 0.390 e. The fourth-order valence-electron chi connectivity index (χ4n) is 1.68. The SMILES string of the molecule is CNC(=O)NC(=O)CNC(CC(F)(F)F)c1ccc(F)cc1. The molecule has 0 aromatic heterocycles. The van der Waals surface area contributed by atoms with Crippen LogP contribution in [0.5, 0.6) is 0 Å². The number of nitrogens with one attached hydrogen (secondary N) is 3. The van der Waals surface area contributed by atoms with Crippen LogP contribution in [0.1, 0.15) is 18.0 Å². The lowest BCUT2D eigenvalue weighted by atomic mass is 10.0. The van der Waals surface area contributed by atoms with Gasteiger partial charge in [-0.3, -0.25) is 10.1 Å². The summed E-state index contributed by atoms with van der Waals surface area (Å²) in [6.07, 6.45) is -5.70. The molecule has 0 heterocycles. The van der Waals surface area contributed by atoms with Crippen LogP contribution in [0.3, 0.4) is 0 Å². The normalized spacial score (nSPS) is 12.6. The first kappa shape index (κ1) is 17.9. The Kier molecular flexibility index (Phi) is 6.29. The smallest absolute Gasteiger partial charge is 0.341 e. The Hall–Kier alpha value is -2.16. The van der Waals surface area contributed by atoms with Crippen molar-refractivity contribution in [3.8, 4) is 0 Å². The van der Waals surface area contributed by atoms with Gasteiger partial charge in [-0.15, -0.1) is 0 Å². The molecule has 3 N–H and O–H groups in total. The van der Waals surface area contributed by atoms with Crippen LogP contribution in [0, 0.1) is 5.82 Å². The fourth-order valence-corrected chi connectivity index (χ4v) is 1.68. The van der Waals surface area contributed by atoms with Gasteiger partial charge in [0, 0.05) is 13.1 Å². The van der Waals surface area contributed by atoms with Gasteiger partial charge in [-0.25, -0.2) is 9.18 Å². The third-order valence-electron chi connectivity index (χ3n) is 2.70. The second-order valence-corrected chi connectivity index (χ2v) is 4.43. The van der Waals surface area contributed by atoms with Crippen molar-refractivity contribution < 1.29 is 27.2 Å². The van der Waals surface area contributed by atoms with Gasteiger partial charge in [0.2, 0.25) is 5.91 Å². The van der Waals surface area contributed by atoms with Crippen LogP contribution in [0.15, 0.2) is 24.3 Å². The zero-order chi connectivity index (χ0) is 16.8. The van der Waals surface area contributed by atoms with Gasteiger partial charge in [-0.1, -0.05) is 12.1 Å². The van der Waals surface area contributed by atoms with E-state index in [1.807, 2.05) is 5.32 Å². The van der Waals surface area contributed by atoms with E-state index in [2.05, 4.69) is 10.6 Å². The second-order valence-electron chi connectivity index (χ2n) is 4.43. The summed E-state index contributed by atoms with van der Waals surface area (Å²) < 4.78 is 50.6. The molecular formula is C13H15F4N3O2. The van der Waals surface area contributed by atoms with Crippen LogP contribution >= 0.6 is 0 Å². The van der Waals surface area contributed by atoms with Crippen molar-refractivity contribution in [1.29, 1.82) is 0 Å². The minimum absolute atomic E-state index is 0.187. The molecule has 0 saturated carbocycles. The quantitative estimate of drug-likeness (QED) is 0.725. The molecule has 0 aliphatic heterocycles. The van der Waals surface area contributed by atoms with Crippen molar-refractivity contribution in [2.75, 3.05) is 13.6 Å². The highest BCUT2D eigenvalue weighted by atomic mass is 19.4. The van der Waals surface area contributed by atoms with E-state index in [4.69, 9.17) is 0 Å². The fraction of sp³-hybridized carbons (Fsp3) is 0.385. The Bertz CT molecular complexity index is 517. The van der Waals surface area contributed by atoms with E-state index in [-0.39, 0.29) is 5.56 Å². The summed E-state index contributed by atoms with van der Waals surface area (Å²) in [6, 6.07) is 2.48. The Morgan fingerprint density at radius 2 is 1.77 bits per heavy atom. The zero-order valence-corrected chi connectivity index (χ0v) is 11.6. The lowest BCUT2D eigenvalue weighted by Crippen LogP contribution is -2.43. The van der Waals surface area contributed by atoms with Gasteiger partial charge in [0.25, 0.3) is 0 Å². The molecule has 22 heavy (non-hydrogen) atoms. The molecule has 0 spiro atoms. The number of carbonyl (C=O) groups is 2. The molecule has 1 aromatic carbocycles. The van der Waals surface area contributed by atoms with Gasteiger partial charge in [-0.05, 0) is 17.7 Å². The number of imide groups is 1. The summed E-state index contributed by atoms with van der Waals surface area (Å²) in [4.78, 5) is 22.3. The molecule has 1 rings (SSSR count). The molecule has 1 atom stereocenters. The summed E-state index contributed by atoms with van der Waals surface area (Å²) in [5, 5.41) is 6.46. The minimum Gasteiger partial charge on any atom is -0.341 e. The number of hydrogen-bond donors (Lipinski definition) is 3. The Morgan fingerprint density at radius 1 is 1.18 bits per heavy atom. The van der Waals surface area contributed by atoms with Crippen molar-refractivity contribution in [1.82, 2.24) is 16.0 Å². The van der Waals surface area contributed by atoms with Crippen LogP contribution in [-0.2, 0) is 4.79 Å². The van der Waals surface area contributed by atoms with Gasteiger partial charge in [0.05, 0.1) is 13.0 Å². The topological polar surface area (TPSA) is 70.2 Å². The van der Waals surface area contributed by atoms with Gasteiger partial charge in [0.1, 0.15) is 5.82 Å². The zero-order valence-electron chi connectivity index (χ0n) is 11.6. The molecule has 1 unspecified atom stereocenters. The maximum absolute atomic E-state index is 12.8. The predicted octanol–water partition coefficient (Wildman–Crippen LogP) is 1.86. The summed E-state index contributed by atoms with van der Waals surface area (Å²) >= 11 is 0. The van der Waals surface area contributed by atoms with Crippen LogP contribution in [0.25, 0.3) is 0 Å². The first-order valence-corrected chi connectivity index (χ1v) is 6.28. The van der Waals surface area contributed by atoms with E-state index in [1.54, 1.807) is 0 Å². The van der Waals surface area contributed by atoms with E-state index in [0.717, 1.165) is 12.1 Å². The van der Waals surface area contributed by atoms with Crippen LogP contribution in [-0.4, -0.2) is 31.7 Å². The predicted molar refractivity (Wildman–Crippen MR) is 70.4 cm³/mol. The van der Waals surface area contributed by atoms with Crippen molar-refractivity contribution in [3.63, 3.8) is 0 Å². The number of urea groups is 1. The first-order chi connectivity index (χ1) is 10.2. The molecule has 122 valence electrons. The number of carbonyl (C=O) groups excluding carboxylic acids is 2. The maximum atomic E-state index is 12.8. The molecule has 0 aliphatic carbocycles. The molecule has 0 aliphatic rings. The van der Waals surface area contributed by atoms with Gasteiger partial charge in [-0.2, -0.15) is 13.2 Å². The molecule has 0 bridgehead atoms. The van der Waals surface area contributed by atoms with E-state index < -0.39 is 42.9 Å². The Balaban J connectivity index is 2.72. The average Bonchev–Trinajstić information content (AvgIpc) is 2.43. The second kappa shape index (κ2) is 7.74. The van der Waals surface area contributed by atoms with E-state index in [9.17, 15) is 27.2 Å². The molecule has 5 nitrogen and oxygen atoms in total. The highest BCUT2D eigenvalue weighted by Gasteiger charge is 2.32. The first-order valence-electron chi connectivity index (χ1n) is 6.28. The van der Waals surface area contributed by atoms with E-state index in [0.29, 0.717) is 0 Å². The third kappa shape index (κ3) is 6.53. The summed E-state index contributed by atoms with van der Waals surface area (Å²) in [7, 11) is 1.29. The van der Waals surface area contributed by atoms with Crippen LogP contribution in [0.4, 0.5) is 22.4 Å². The number of rotatable bonds is 5. The monoisotopic (exact) mass is 321 g/mol. The number of hydrogen-bond acceptors (Lipinski definition) is 3. The summed E-state index contributed by atoms with van der Waals surface area (Å²) in [6.45, 7) is -0.495. The number of halogens is 4. The lowest BCUT2D eigenvalue weighted by Gasteiger charge is -2.20. The standard InChI is InChI=1S/C13H15F4N3O2/c1-18-12(22)20-11(21)7-19-10(6-13(15,16)17)8-2-4-9(14)5-3-8/h2-5,10,19H,6-7H2,1H3,(H2,18,20,21,22). The molecule has 0 saturated heterocycles. The molecule has 9 heteroatoms.